The topological polar surface area (TPSA) is 59.5 Å². The van der Waals surface area contributed by atoms with Gasteiger partial charge in [-0.3, -0.25) is 4.40 Å². The van der Waals surface area contributed by atoms with E-state index in [2.05, 4.69) is 20.9 Å². The molecule has 0 aliphatic carbocycles. The molecule has 0 bridgehead atoms. The Morgan fingerprint density at radius 3 is 2.68 bits per heavy atom. The van der Waals surface area contributed by atoms with Crippen LogP contribution in [0.5, 0.6) is 0 Å². The van der Waals surface area contributed by atoms with Gasteiger partial charge in [-0.15, -0.1) is 0 Å². The van der Waals surface area contributed by atoms with Crippen LogP contribution in [0.4, 0.5) is 0 Å². The van der Waals surface area contributed by atoms with Crippen molar-refractivity contribution in [1.82, 2.24) is 14.0 Å². The van der Waals surface area contributed by atoms with Crippen molar-refractivity contribution in [3.05, 3.63) is 33.6 Å². The van der Waals surface area contributed by atoms with Crippen molar-refractivity contribution >= 4 is 38.7 Å². The van der Waals surface area contributed by atoms with Crippen molar-refractivity contribution in [2.24, 2.45) is 7.05 Å². The van der Waals surface area contributed by atoms with Gasteiger partial charge >= 0.3 is 5.97 Å². The van der Waals surface area contributed by atoms with Gasteiger partial charge in [0.05, 0.1) is 11.0 Å². The molecule has 0 radical (unpaired) electrons. The molecule has 0 atom stereocenters. The van der Waals surface area contributed by atoms with E-state index in [0.717, 1.165) is 16.6 Å². The summed E-state index contributed by atoms with van der Waals surface area (Å²) in [5.74, 6) is -0.357. The van der Waals surface area contributed by atoms with E-state index in [1.807, 2.05) is 30.4 Å². The van der Waals surface area contributed by atoms with Gasteiger partial charge in [-0.25, -0.2) is 9.78 Å². The molecule has 2 aromatic heterocycles. The molecule has 0 saturated heterocycles. The fourth-order valence-corrected chi connectivity index (χ4v) is 3.15. The summed E-state index contributed by atoms with van der Waals surface area (Å²) in [7, 11) is 1.71. The van der Waals surface area contributed by atoms with Crippen LogP contribution in [0.2, 0.25) is 0 Å². The number of hydrogen-bond donors (Lipinski definition) is 1. The third-order valence-electron chi connectivity index (χ3n) is 3.56. The molecule has 0 spiro atoms. The lowest BCUT2D eigenvalue weighted by Gasteiger charge is -2.01. The first-order chi connectivity index (χ1) is 8.93. The SMILES string of the molecule is Cc1ccc2c(nc3n(C)c(C(=O)O)c(Br)n23)c1C. The average Bonchev–Trinajstić information content (AvgIpc) is 2.83. The van der Waals surface area contributed by atoms with Gasteiger partial charge < -0.3 is 9.67 Å². The average molecular weight is 322 g/mol. The summed E-state index contributed by atoms with van der Waals surface area (Å²) in [5, 5.41) is 9.24. The van der Waals surface area contributed by atoms with Gasteiger partial charge in [0.25, 0.3) is 0 Å². The van der Waals surface area contributed by atoms with E-state index in [9.17, 15) is 9.90 Å². The number of rotatable bonds is 1. The van der Waals surface area contributed by atoms with Crippen LogP contribution in [0.3, 0.4) is 0 Å². The maximum Gasteiger partial charge on any atom is 0.355 e. The zero-order valence-corrected chi connectivity index (χ0v) is 12.3. The molecule has 6 heteroatoms. The van der Waals surface area contributed by atoms with Gasteiger partial charge in [0.2, 0.25) is 5.78 Å². The second kappa shape index (κ2) is 3.84. The van der Waals surface area contributed by atoms with Gasteiger partial charge in [0, 0.05) is 7.05 Å². The first kappa shape index (κ1) is 12.2. The highest BCUT2D eigenvalue weighted by atomic mass is 79.9. The Morgan fingerprint density at radius 2 is 2.05 bits per heavy atom. The minimum atomic E-state index is -0.975. The lowest BCUT2D eigenvalue weighted by molar-refractivity contribution is 0.0685. The van der Waals surface area contributed by atoms with E-state index in [-0.39, 0.29) is 5.69 Å². The number of nitrogens with zero attached hydrogens (tertiary/aromatic N) is 3. The van der Waals surface area contributed by atoms with Gasteiger partial charge in [-0.2, -0.15) is 0 Å². The fraction of sp³-hybridized carbons (Fsp3) is 0.231. The molecule has 0 fully saturated rings. The predicted octanol–water partition coefficient (Wildman–Crippen LogP) is 2.90. The lowest BCUT2D eigenvalue weighted by atomic mass is 10.1. The summed E-state index contributed by atoms with van der Waals surface area (Å²) in [6, 6.07) is 3.99. The van der Waals surface area contributed by atoms with Crippen molar-refractivity contribution in [3.8, 4) is 0 Å². The molecule has 0 aliphatic rings. The highest BCUT2D eigenvalue weighted by Gasteiger charge is 2.22. The molecule has 3 aromatic rings. The molecule has 0 unspecified atom stereocenters. The number of carbonyl (C=O) groups is 1. The molecule has 1 aromatic carbocycles. The van der Waals surface area contributed by atoms with Gasteiger partial charge in [0.1, 0.15) is 4.60 Å². The number of fused-ring (bicyclic) bond motifs is 3. The second-order valence-corrected chi connectivity index (χ2v) is 5.38. The van der Waals surface area contributed by atoms with Crippen LogP contribution in [0.15, 0.2) is 16.7 Å². The Morgan fingerprint density at radius 1 is 1.37 bits per heavy atom. The number of imidazole rings is 2. The third-order valence-corrected chi connectivity index (χ3v) is 4.29. The summed E-state index contributed by atoms with van der Waals surface area (Å²) in [4.78, 5) is 15.8. The van der Waals surface area contributed by atoms with Crippen molar-refractivity contribution in [3.63, 3.8) is 0 Å². The Kier molecular flexibility index (Phi) is 2.47. The summed E-state index contributed by atoms with van der Waals surface area (Å²) in [5.41, 5.74) is 4.30. The van der Waals surface area contributed by atoms with Gasteiger partial charge in [-0.1, -0.05) is 6.07 Å². The highest BCUT2D eigenvalue weighted by molar-refractivity contribution is 9.10. The largest absolute Gasteiger partial charge is 0.476 e. The van der Waals surface area contributed by atoms with Crippen LogP contribution < -0.4 is 0 Å². The maximum absolute atomic E-state index is 11.3. The minimum absolute atomic E-state index is 0.197. The first-order valence-corrected chi connectivity index (χ1v) is 6.58. The highest BCUT2D eigenvalue weighted by Crippen LogP contribution is 2.29. The predicted molar refractivity (Wildman–Crippen MR) is 75.8 cm³/mol. The Balaban J connectivity index is 2.56. The number of hydrogen-bond acceptors (Lipinski definition) is 2. The van der Waals surface area contributed by atoms with Crippen molar-refractivity contribution < 1.29 is 9.90 Å². The zero-order chi connectivity index (χ0) is 13.9. The summed E-state index contributed by atoms with van der Waals surface area (Å²) >= 11 is 3.37. The molecule has 1 N–H and O–H groups in total. The lowest BCUT2D eigenvalue weighted by Crippen LogP contribution is -2.05. The fourth-order valence-electron chi connectivity index (χ4n) is 2.36. The quantitative estimate of drug-likeness (QED) is 0.749. The van der Waals surface area contributed by atoms with E-state index in [1.54, 1.807) is 11.6 Å². The molecule has 0 saturated carbocycles. The monoisotopic (exact) mass is 321 g/mol. The molecular weight excluding hydrogens is 310 g/mol. The zero-order valence-electron chi connectivity index (χ0n) is 10.7. The van der Waals surface area contributed by atoms with Gasteiger partial charge in [0.15, 0.2) is 5.69 Å². The molecular formula is C13H12BrN3O2. The number of aromatic nitrogens is 3. The Labute approximate surface area is 117 Å². The molecule has 3 rings (SSSR count). The molecule has 2 heterocycles. The van der Waals surface area contributed by atoms with Crippen LogP contribution in [-0.2, 0) is 7.05 Å². The van der Waals surface area contributed by atoms with Crippen molar-refractivity contribution in [2.75, 3.05) is 0 Å². The molecule has 5 nitrogen and oxygen atoms in total. The summed E-state index contributed by atoms with van der Waals surface area (Å²) < 4.78 is 3.93. The number of halogens is 1. The maximum atomic E-state index is 11.3. The summed E-state index contributed by atoms with van der Waals surface area (Å²) in [6.45, 7) is 4.06. The van der Waals surface area contributed by atoms with Crippen LogP contribution in [0.25, 0.3) is 16.8 Å². The van der Waals surface area contributed by atoms with E-state index in [1.165, 1.54) is 5.56 Å². The van der Waals surface area contributed by atoms with Crippen LogP contribution >= 0.6 is 15.9 Å². The third kappa shape index (κ3) is 1.46. The second-order valence-electron chi connectivity index (χ2n) is 4.63. The number of aryl methyl sites for hydroxylation is 3. The van der Waals surface area contributed by atoms with Crippen LogP contribution in [-0.4, -0.2) is 25.0 Å². The number of carboxylic acids is 1. The van der Waals surface area contributed by atoms with Crippen LogP contribution in [0, 0.1) is 13.8 Å². The smallest absolute Gasteiger partial charge is 0.355 e. The standard InChI is InChI=1S/C13H12BrN3O2/c1-6-4-5-8-9(7(6)2)15-13-16(3)10(12(18)19)11(14)17(8)13/h4-5H,1-3H3,(H,18,19). The number of aromatic carboxylic acids is 1. The molecule has 0 aliphatic heterocycles. The minimum Gasteiger partial charge on any atom is -0.476 e. The molecule has 19 heavy (non-hydrogen) atoms. The van der Waals surface area contributed by atoms with E-state index in [0.29, 0.717) is 10.4 Å². The van der Waals surface area contributed by atoms with Gasteiger partial charge in [-0.05, 0) is 47.0 Å². The van der Waals surface area contributed by atoms with Crippen molar-refractivity contribution in [1.29, 1.82) is 0 Å². The normalized spacial score (nSPS) is 11.6. The van der Waals surface area contributed by atoms with E-state index < -0.39 is 5.97 Å². The number of carboxylic acid groups (broad SMARTS) is 1. The summed E-state index contributed by atoms with van der Waals surface area (Å²) in [6.07, 6.45) is 0. The Hall–Kier alpha value is -1.82. The Bertz CT molecular complexity index is 845. The van der Waals surface area contributed by atoms with Crippen molar-refractivity contribution in [2.45, 2.75) is 13.8 Å². The number of benzene rings is 1. The van der Waals surface area contributed by atoms with E-state index in [4.69, 9.17) is 0 Å². The van der Waals surface area contributed by atoms with Crippen LogP contribution in [0.1, 0.15) is 21.6 Å². The molecule has 98 valence electrons. The van der Waals surface area contributed by atoms with E-state index >= 15 is 0 Å². The molecule has 0 amide bonds. The first-order valence-electron chi connectivity index (χ1n) is 5.79.